The second-order valence-corrected chi connectivity index (χ2v) is 8.63. The molecule has 4 rings (SSSR count). The van der Waals surface area contributed by atoms with Gasteiger partial charge in [0, 0.05) is 57.0 Å². The van der Waals surface area contributed by atoms with E-state index in [-0.39, 0.29) is 11.6 Å². The predicted octanol–water partition coefficient (Wildman–Crippen LogP) is 3.07. The third kappa shape index (κ3) is 4.66. The minimum atomic E-state index is -0.501. The third-order valence-electron chi connectivity index (χ3n) is 5.59. The molecular formula is C22H25N5O4S. The van der Waals surface area contributed by atoms with Crippen molar-refractivity contribution in [1.82, 2.24) is 15.2 Å². The highest BCUT2D eigenvalue weighted by atomic mass is 32.1. The number of thiazole rings is 1. The van der Waals surface area contributed by atoms with E-state index >= 15 is 0 Å². The van der Waals surface area contributed by atoms with E-state index in [1.54, 1.807) is 24.5 Å². The second kappa shape index (κ2) is 9.49. The lowest BCUT2D eigenvalue weighted by molar-refractivity contribution is -0.384. The molecule has 0 radical (unpaired) electrons. The smallest absolute Gasteiger partial charge is 0.270 e. The zero-order chi connectivity index (χ0) is 22.7. The molecule has 0 aliphatic carbocycles. The second-order valence-electron chi connectivity index (χ2n) is 7.65. The van der Waals surface area contributed by atoms with Crippen molar-refractivity contribution in [3.63, 3.8) is 0 Å². The van der Waals surface area contributed by atoms with Crippen LogP contribution in [-0.2, 0) is 0 Å². The number of hydrogen-bond acceptors (Lipinski definition) is 8. The van der Waals surface area contributed by atoms with Crippen LogP contribution in [0.1, 0.15) is 15.9 Å². The fraction of sp³-hybridized carbons (Fsp3) is 0.364. The number of aromatic nitrogens is 1. The molecule has 2 heterocycles. The first-order valence-electron chi connectivity index (χ1n) is 10.4. The first kappa shape index (κ1) is 22.0. The highest BCUT2D eigenvalue weighted by molar-refractivity contribution is 7.22. The summed E-state index contributed by atoms with van der Waals surface area (Å²) in [4.78, 5) is 32.1. The van der Waals surface area contributed by atoms with Crippen molar-refractivity contribution < 1.29 is 14.5 Å². The Hall–Kier alpha value is -3.24. The molecule has 1 amide bonds. The average molecular weight is 456 g/mol. The Kier molecular flexibility index (Phi) is 6.52. The maximum absolute atomic E-state index is 12.3. The molecule has 3 aromatic rings. The first-order valence-corrected chi connectivity index (χ1v) is 11.2. The number of nitrogens with zero attached hydrogens (tertiary/aromatic N) is 4. The Morgan fingerprint density at radius 2 is 2.03 bits per heavy atom. The van der Waals surface area contributed by atoms with Gasteiger partial charge in [-0.2, -0.15) is 0 Å². The zero-order valence-corrected chi connectivity index (χ0v) is 18.9. The summed E-state index contributed by atoms with van der Waals surface area (Å²) in [7, 11) is 1.67. The topological polar surface area (TPSA) is 101 Å². The van der Waals surface area contributed by atoms with Crippen molar-refractivity contribution >= 4 is 38.3 Å². The van der Waals surface area contributed by atoms with Crippen molar-refractivity contribution in [2.45, 2.75) is 6.92 Å². The van der Waals surface area contributed by atoms with Crippen molar-refractivity contribution in [3.05, 3.63) is 57.6 Å². The van der Waals surface area contributed by atoms with E-state index in [2.05, 4.69) is 28.1 Å². The van der Waals surface area contributed by atoms with Crippen molar-refractivity contribution in [2.24, 2.45) is 0 Å². The summed E-state index contributed by atoms with van der Waals surface area (Å²) in [5, 5.41) is 14.7. The maximum Gasteiger partial charge on any atom is 0.270 e. The molecule has 1 aliphatic heterocycles. The molecule has 9 nitrogen and oxygen atoms in total. The van der Waals surface area contributed by atoms with Gasteiger partial charge in [-0.25, -0.2) is 4.98 Å². The first-order chi connectivity index (χ1) is 15.5. The molecule has 2 aromatic carbocycles. The number of carbonyl (C=O) groups is 1. The fourth-order valence-corrected chi connectivity index (χ4v) is 4.85. The number of carbonyl (C=O) groups excluding carboxylic acids is 1. The van der Waals surface area contributed by atoms with E-state index in [4.69, 9.17) is 9.72 Å². The molecule has 1 aromatic heterocycles. The Bertz CT molecular complexity index is 1140. The van der Waals surface area contributed by atoms with E-state index in [0.29, 0.717) is 12.1 Å². The van der Waals surface area contributed by atoms with Crippen LogP contribution in [0.2, 0.25) is 0 Å². The average Bonchev–Trinajstić information content (AvgIpc) is 3.26. The van der Waals surface area contributed by atoms with Gasteiger partial charge in [0.15, 0.2) is 5.13 Å². The van der Waals surface area contributed by atoms with E-state index in [1.807, 2.05) is 6.07 Å². The van der Waals surface area contributed by atoms with Gasteiger partial charge in [0.1, 0.15) is 11.3 Å². The number of piperazine rings is 1. The van der Waals surface area contributed by atoms with Crippen molar-refractivity contribution in [2.75, 3.05) is 51.3 Å². The summed E-state index contributed by atoms with van der Waals surface area (Å²) in [5.41, 5.74) is 2.32. The number of nitro benzene ring substituents is 1. The fourth-order valence-electron chi connectivity index (χ4n) is 3.75. The molecule has 1 aliphatic rings. The number of rotatable bonds is 7. The summed E-state index contributed by atoms with van der Waals surface area (Å²) in [6, 6.07) is 9.78. The Balaban J connectivity index is 1.29. The Morgan fingerprint density at radius 3 is 2.75 bits per heavy atom. The molecule has 168 valence electrons. The highest BCUT2D eigenvalue weighted by Gasteiger charge is 2.21. The van der Waals surface area contributed by atoms with E-state index in [1.165, 1.54) is 23.8 Å². The zero-order valence-electron chi connectivity index (χ0n) is 18.0. The number of nitro groups is 1. The van der Waals surface area contributed by atoms with Crippen LogP contribution in [0.5, 0.6) is 5.75 Å². The SMILES string of the molecule is COc1ccc(C)c2sc(N3CCN(CCNC(=O)c4cccc([N+](=O)[O-])c4)CC3)nc12. The van der Waals surface area contributed by atoms with E-state index < -0.39 is 4.92 Å². The maximum atomic E-state index is 12.3. The monoisotopic (exact) mass is 455 g/mol. The van der Waals surface area contributed by atoms with E-state index in [0.717, 1.165) is 53.8 Å². The van der Waals surface area contributed by atoms with E-state index in [9.17, 15) is 14.9 Å². The summed E-state index contributed by atoms with van der Waals surface area (Å²) >= 11 is 1.70. The molecule has 32 heavy (non-hydrogen) atoms. The summed E-state index contributed by atoms with van der Waals surface area (Å²) < 4.78 is 6.62. The van der Waals surface area contributed by atoms with Gasteiger partial charge in [0.25, 0.3) is 11.6 Å². The van der Waals surface area contributed by atoms with Gasteiger partial charge in [-0.1, -0.05) is 23.5 Å². The molecule has 0 unspecified atom stereocenters. The number of hydrogen-bond donors (Lipinski definition) is 1. The minimum Gasteiger partial charge on any atom is -0.494 e. The number of anilines is 1. The third-order valence-corrected chi connectivity index (χ3v) is 6.84. The van der Waals surface area contributed by atoms with Crippen LogP contribution in [0.25, 0.3) is 10.2 Å². The molecule has 1 saturated heterocycles. The standard InChI is InChI=1S/C22H25N5O4S/c1-15-6-7-18(31-2)19-20(15)32-22(24-19)26-12-10-25(11-13-26)9-8-23-21(28)16-4-3-5-17(14-16)27(29)30/h3-7,14H,8-13H2,1-2H3,(H,23,28). The number of nitrogens with one attached hydrogen (secondary N) is 1. The van der Waals surface area contributed by atoms with Gasteiger partial charge in [-0.15, -0.1) is 0 Å². The van der Waals surface area contributed by atoms with Gasteiger partial charge in [-0.05, 0) is 24.6 Å². The van der Waals surface area contributed by atoms with Crippen LogP contribution in [-0.4, -0.2) is 67.1 Å². The number of benzene rings is 2. The normalized spacial score (nSPS) is 14.5. The van der Waals surface area contributed by atoms with Crippen LogP contribution in [0.15, 0.2) is 36.4 Å². The Labute approximate surface area is 189 Å². The van der Waals surface area contributed by atoms with Crippen LogP contribution in [0, 0.1) is 17.0 Å². The number of ether oxygens (including phenoxy) is 1. The summed E-state index contributed by atoms with van der Waals surface area (Å²) in [6.45, 7) is 6.77. The van der Waals surface area contributed by atoms with Gasteiger partial charge in [0.2, 0.25) is 0 Å². The summed E-state index contributed by atoms with van der Waals surface area (Å²) in [6.07, 6.45) is 0. The lowest BCUT2D eigenvalue weighted by atomic mass is 10.2. The largest absolute Gasteiger partial charge is 0.494 e. The molecular weight excluding hydrogens is 430 g/mol. The van der Waals surface area contributed by atoms with Crippen LogP contribution >= 0.6 is 11.3 Å². The van der Waals surface area contributed by atoms with Crippen molar-refractivity contribution in [3.8, 4) is 5.75 Å². The highest BCUT2D eigenvalue weighted by Crippen LogP contribution is 2.36. The lowest BCUT2D eigenvalue weighted by Gasteiger charge is -2.34. The molecule has 0 saturated carbocycles. The summed E-state index contributed by atoms with van der Waals surface area (Å²) in [5.74, 6) is 0.498. The Morgan fingerprint density at radius 1 is 1.25 bits per heavy atom. The van der Waals surface area contributed by atoms with Gasteiger partial charge < -0.3 is 15.0 Å². The molecule has 10 heteroatoms. The molecule has 1 N–H and O–H groups in total. The molecule has 1 fully saturated rings. The lowest BCUT2D eigenvalue weighted by Crippen LogP contribution is -2.48. The number of non-ortho nitro benzene ring substituents is 1. The molecule has 0 bridgehead atoms. The van der Waals surface area contributed by atoms with Gasteiger partial charge in [0.05, 0.1) is 16.7 Å². The van der Waals surface area contributed by atoms with Crippen LogP contribution in [0.4, 0.5) is 10.8 Å². The number of amides is 1. The molecule has 0 atom stereocenters. The van der Waals surface area contributed by atoms with Gasteiger partial charge in [-0.3, -0.25) is 19.8 Å². The molecule has 0 spiro atoms. The van der Waals surface area contributed by atoms with Crippen LogP contribution < -0.4 is 15.0 Å². The number of aryl methyl sites for hydroxylation is 1. The van der Waals surface area contributed by atoms with Crippen molar-refractivity contribution in [1.29, 1.82) is 0 Å². The number of fused-ring (bicyclic) bond motifs is 1. The van der Waals surface area contributed by atoms with Gasteiger partial charge >= 0.3 is 0 Å². The predicted molar refractivity (Wildman–Crippen MR) is 125 cm³/mol. The van der Waals surface area contributed by atoms with Crippen LogP contribution in [0.3, 0.4) is 0 Å². The quantitative estimate of drug-likeness (QED) is 0.432. The number of methoxy groups -OCH3 is 1. The minimum absolute atomic E-state index is 0.0866.